The Morgan fingerprint density at radius 1 is 1.19 bits per heavy atom. The van der Waals surface area contributed by atoms with Crippen LogP contribution in [-0.4, -0.2) is 38.3 Å². The summed E-state index contributed by atoms with van der Waals surface area (Å²) in [5.41, 5.74) is 1.56. The Bertz CT molecular complexity index is 870. The second-order valence-corrected chi connectivity index (χ2v) is 6.07. The summed E-state index contributed by atoms with van der Waals surface area (Å²) in [6.45, 7) is 1.07. The smallest absolute Gasteiger partial charge is 0.414 e. The van der Waals surface area contributed by atoms with Gasteiger partial charge in [-0.15, -0.1) is 0 Å². The van der Waals surface area contributed by atoms with Gasteiger partial charge in [-0.25, -0.2) is 4.79 Å². The number of halogens is 1. The first-order chi connectivity index (χ1) is 13.1. The number of cyclic esters (lactones) is 1. The Labute approximate surface area is 162 Å². The minimum atomic E-state index is -0.336. The number of amides is 2. The molecule has 1 aliphatic rings. The number of carbonyl (C=O) groups excluding carboxylic acids is 2. The van der Waals surface area contributed by atoms with Gasteiger partial charge in [-0.3, -0.25) is 9.69 Å². The van der Waals surface area contributed by atoms with Crippen molar-refractivity contribution in [1.29, 1.82) is 0 Å². The molecule has 1 aliphatic heterocycles. The molecule has 2 amide bonds. The highest BCUT2D eigenvalue weighted by atomic mass is 35.5. The lowest BCUT2D eigenvalue weighted by Crippen LogP contribution is -2.29. The van der Waals surface area contributed by atoms with Crippen LogP contribution in [0.1, 0.15) is 5.56 Å². The molecule has 7 heteroatoms. The Kier molecular flexibility index (Phi) is 6.18. The molecule has 1 fully saturated rings. The van der Waals surface area contributed by atoms with E-state index < -0.39 is 0 Å². The molecule has 3 rings (SSSR count). The Hall–Kier alpha value is -3.17. The molecule has 0 aromatic heterocycles. The monoisotopic (exact) mass is 384 g/mol. The Morgan fingerprint density at radius 2 is 1.93 bits per heavy atom. The summed E-state index contributed by atoms with van der Waals surface area (Å²) in [6, 6.07) is 14.0. The average Bonchev–Trinajstić information content (AvgIpc) is 3.11. The number of hydrogen-bond acceptors (Lipinski definition) is 4. The maximum absolute atomic E-state index is 11.7. The molecule has 0 bridgehead atoms. The van der Waals surface area contributed by atoms with Crippen molar-refractivity contribution in [1.82, 2.24) is 5.32 Å². The van der Waals surface area contributed by atoms with Gasteiger partial charge in [-0.1, -0.05) is 23.4 Å². The molecule has 1 heterocycles. The average molecular weight is 385 g/mol. The van der Waals surface area contributed by atoms with Crippen LogP contribution in [0.5, 0.6) is 5.75 Å². The van der Waals surface area contributed by atoms with E-state index in [1.807, 2.05) is 24.3 Å². The zero-order valence-electron chi connectivity index (χ0n) is 14.4. The van der Waals surface area contributed by atoms with Gasteiger partial charge in [-0.05, 0) is 48.5 Å². The maximum Gasteiger partial charge on any atom is 0.414 e. The van der Waals surface area contributed by atoms with Gasteiger partial charge >= 0.3 is 6.09 Å². The van der Waals surface area contributed by atoms with Gasteiger partial charge in [0.25, 0.3) is 5.91 Å². The fourth-order valence-electron chi connectivity index (χ4n) is 2.37. The molecule has 6 nitrogen and oxygen atoms in total. The van der Waals surface area contributed by atoms with E-state index in [1.165, 1.54) is 0 Å². The third-order valence-electron chi connectivity index (χ3n) is 3.73. The van der Waals surface area contributed by atoms with Crippen LogP contribution < -0.4 is 15.0 Å². The van der Waals surface area contributed by atoms with Crippen molar-refractivity contribution in [3.05, 3.63) is 59.1 Å². The second kappa shape index (κ2) is 8.97. The van der Waals surface area contributed by atoms with Crippen molar-refractivity contribution >= 4 is 29.3 Å². The van der Waals surface area contributed by atoms with Gasteiger partial charge in [0.15, 0.2) is 6.61 Å². The largest absolute Gasteiger partial charge is 0.484 e. The summed E-state index contributed by atoms with van der Waals surface area (Å²) in [6.07, 6.45) is -0.336. The van der Waals surface area contributed by atoms with Crippen molar-refractivity contribution in [3.63, 3.8) is 0 Å². The number of hydrogen-bond donors (Lipinski definition) is 1. The van der Waals surface area contributed by atoms with Crippen LogP contribution in [0.15, 0.2) is 48.5 Å². The van der Waals surface area contributed by atoms with E-state index in [9.17, 15) is 9.59 Å². The molecule has 2 aromatic rings. The lowest BCUT2D eigenvalue weighted by atomic mass is 10.2. The Balaban J connectivity index is 1.42. The molecular weight excluding hydrogens is 368 g/mol. The molecule has 2 aromatic carbocycles. The van der Waals surface area contributed by atoms with Gasteiger partial charge in [0, 0.05) is 16.3 Å². The number of anilines is 1. The van der Waals surface area contributed by atoms with Crippen LogP contribution >= 0.6 is 11.6 Å². The number of ether oxygens (including phenoxy) is 2. The molecule has 0 saturated carbocycles. The first-order valence-electron chi connectivity index (χ1n) is 8.30. The number of nitrogens with zero attached hydrogens (tertiary/aromatic N) is 1. The van der Waals surface area contributed by atoms with Gasteiger partial charge in [0.05, 0.1) is 13.1 Å². The van der Waals surface area contributed by atoms with Crippen molar-refractivity contribution in [3.8, 4) is 17.6 Å². The van der Waals surface area contributed by atoms with Crippen LogP contribution in [0, 0.1) is 11.8 Å². The minimum Gasteiger partial charge on any atom is -0.484 e. The van der Waals surface area contributed by atoms with E-state index in [0.29, 0.717) is 23.9 Å². The standard InChI is InChI=1S/C20H17ClN2O4/c21-16-5-9-18(10-6-16)27-14-19(24)22-11-1-2-15-3-7-17(8-4-15)23-12-13-26-20(23)25/h3-10H,11-14H2,(H,22,24). The molecule has 1 N–H and O–H groups in total. The zero-order chi connectivity index (χ0) is 19.1. The normalized spacial score (nSPS) is 12.8. The predicted molar refractivity (Wildman–Crippen MR) is 102 cm³/mol. The number of rotatable bonds is 5. The van der Waals surface area contributed by atoms with E-state index >= 15 is 0 Å². The van der Waals surface area contributed by atoms with Gasteiger partial charge in [0.2, 0.25) is 0 Å². The van der Waals surface area contributed by atoms with E-state index in [0.717, 1.165) is 11.3 Å². The SMILES string of the molecule is O=C(COc1ccc(Cl)cc1)NCC#Cc1ccc(N2CCOC2=O)cc1. The van der Waals surface area contributed by atoms with E-state index in [4.69, 9.17) is 21.1 Å². The lowest BCUT2D eigenvalue weighted by Gasteiger charge is -2.11. The van der Waals surface area contributed by atoms with Crippen molar-refractivity contribution in [2.75, 3.05) is 31.2 Å². The molecule has 1 saturated heterocycles. The molecule has 0 unspecified atom stereocenters. The summed E-state index contributed by atoms with van der Waals surface area (Å²) in [5.74, 6) is 6.14. The quantitative estimate of drug-likeness (QED) is 0.805. The summed E-state index contributed by atoms with van der Waals surface area (Å²) >= 11 is 5.78. The summed E-state index contributed by atoms with van der Waals surface area (Å²) < 4.78 is 10.3. The van der Waals surface area contributed by atoms with Crippen molar-refractivity contribution in [2.24, 2.45) is 0 Å². The molecule has 0 radical (unpaired) electrons. The maximum atomic E-state index is 11.7. The molecule has 0 aliphatic carbocycles. The minimum absolute atomic E-state index is 0.0933. The fraction of sp³-hybridized carbons (Fsp3) is 0.200. The first kappa shape index (κ1) is 18.6. The topological polar surface area (TPSA) is 67.9 Å². The first-order valence-corrected chi connectivity index (χ1v) is 8.68. The second-order valence-electron chi connectivity index (χ2n) is 5.63. The Morgan fingerprint density at radius 3 is 2.59 bits per heavy atom. The lowest BCUT2D eigenvalue weighted by molar-refractivity contribution is -0.122. The summed E-state index contributed by atoms with van der Waals surface area (Å²) in [5, 5.41) is 3.27. The fourth-order valence-corrected chi connectivity index (χ4v) is 2.50. The van der Waals surface area contributed by atoms with Crippen molar-refractivity contribution < 1.29 is 19.1 Å². The van der Waals surface area contributed by atoms with Gasteiger partial charge < -0.3 is 14.8 Å². The number of carbonyl (C=O) groups is 2. The van der Waals surface area contributed by atoms with Gasteiger partial charge in [0.1, 0.15) is 12.4 Å². The number of benzene rings is 2. The number of nitrogens with one attached hydrogen (secondary N) is 1. The molecular formula is C20H17ClN2O4. The molecule has 27 heavy (non-hydrogen) atoms. The summed E-state index contributed by atoms with van der Waals surface area (Å²) in [4.78, 5) is 24.8. The highest BCUT2D eigenvalue weighted by Gasteiger charge is 2.23. The molecule has 138 valence electrons. The van der Waals surface area contributed by atoms with E-state index in [-0.39, 0.29) is 25.2 Å². The highest BCUT2D eigenvalue weighted by Crippen LogP contribution is 2.18. The molecule has 0 atom stereocenters. The van der Waals surface area contributed by atoms with E-state index in [1.54, 1.807) is 29.2 Å². The van der Waals surface area contributed by atoms with Crippen LogP contribution in [0.3, 0.4) is 0 Å². The third-order valence-corrected chi connectivity index (χ3v) is 3.98. The van der Waals surface area contributed by atoms with Crippen LogP contribution in [-0.2, 0) is 9.53 Å². The van der Waals surface area contributed by atoms with Gasteiger partial charge in [-0.2, -0.15) is 0 Å². The third kappa shape index (κ3) is 5.40. The predicted octanol–water partition coefficient (Wildman–Crippen LogP) is 2.84. The van der Waals surface area contributed by atoms with E-state index in [2.05, 4.69) is 17.2 Å². The highest BCUT2D eigenvalue weighted by molar-refractivity contribution is 6.30. The zero-order valence-corrected chi connectivity index (χ0v) is 15.2. The summed E-state index contributed by atoms with van der Waals surface area (Å²) in [7, 11) is 0. The van der Waals surface area contributed by atoms with Crippen LogP contribution in [0.25, 0.3) is 0 Å². The van der Waals surface area contributed by atoms with Crippen LogP contribution in [0.4, 0.5) is 10.5 Å². The molecule has 0 spiro atoms. The van der Waals surface area contributed by atoms with Crippen LogP contribution in [0.2, 0.25) is 5.02 Å². The van der Waals surface area contributed by atoms with Crippen molar-refractivity contribution in [2.45, 2.75) is 0 Å².